The van der Waals surface area contributed by atoms with Gasteiger partial charge in [-0.1, -0.05) is 6.92 Å². The van der Waals surface area contributed by atoms with Crippen LogP contribution in [0.15, 0.2) is 0 Å². The van der Waals surface area contributed by atoms with Crippen molar-refractivity contribution in [1.29, 1.82) is 0 Å². The second-order valence-corrected chi connectivity index (χ2v) is 6.06. The van der Waals surface area contributed by atoms with Gasteiger partial charge in [-0.25, -0.2) is 0 Å². The fourth-order valence-electron chi connectivity index (χ4n) is 2.76. The van der Waals surface area contributed by atoms with Crippen LogP contribution in [-0.4, -0.2) is 60.4 Å². The molecular formula is C15H28N2O3. The summed E-state index contributed by atoms with van der Waals surface area (Å²) in [6.07, 6.45) is 6.63. The fraction of sp³-hybridized carbons (Fsp3) is 0.933. The van der Waals surface area contributed by atoms with Crippen LogP contribution in [0.2, 0.25) is 0 Å². The first-order chi connectivity index (χ1) is 9.69. The Morgan fingerprint density at radius 2 is 2.25 bits per heavy atom. The van der Waals surface area contributed by atoms with Crippen molar-refractivity contribution in [2.75, 3.05) is 26.2 Å². The Morgan fingerprint density at radius 1 is 1.45 bits per heavy atom. The Balaban J connectivity index is 1.69. The SMILES string of the molecule is CCCOC1CCCN(CCC(NC2CC2)C(=O)O)C1. The number of hydrogen-bond donors (Lipinski definition) is 2. The maximum atomic E-state index is 11.2. The van der Waals surface area contributed by atoms with Gasteiger partial charge in [-0.2, -0.15) is 0 Å². The number of ether oxygens (including phenoxy) is 1. The van der Waals surface area contributed by atoms with E-state index >= 15 is 0 Å². The molecule has 1 aliphatic heterocycles. The summed E-state index contributed by atoms with van der Waals surface area (Å²) in [4.78, 5) is 13.6. The van der Waals surface area contributed by atoms with Crippen LogP contribution < -0.4 is 5.32 Å². The van der Waals surface area contributed by atoms with E-state index in [0.717, 1.165) is 58.3 Å². The summed E-state index contributed by atoms with van der Waals surface area (Å²) in [5, 5.41) is 12.5. The lowest BCUT2D eigenvalue weighted by Crippen LogP contribution is -2.44. The highest BCUT2D eigenvalue weighted by Gasteiger charge is 2.29. The molecule has 0 bridgehead atoms. The van der Waals surface area contributed by atoms with Crippen LogP contribution in [-0.2, 0) is 9.53 Å². The fourth-order valence-corrected chi connectivity index (χ4v) is 2.76. The highest BCUT2D eigenvalue weighted by Crippen LogP contribution is 2.20. The van der Waals surface area contributed by atoms with E-state index in [1.165, 1.54) is 0 Å². The van der Waals surface area contributed by atoms with Gasteiger partial charge in [0.2, 0.25) is 0 Å². The highest BCUT2D eigenvalue weighted by molar-refractivity contribution is 5.73. The number of hydrogen-bond acceptors (Lipinski definition) is 4. The standard InChI is InChI=1S/C15H28N2O3/c1-2-10-20-13-4-3-8-17(11-13)9-7-14(15(18)19)16-12-5-6-12/h12-14,16H,2-11H2,1H3,(H,18,19). The number of nitrogens with one attached hydrogen (secondary N) is 1. The first kappa shape index (κ1) is 15.7. The minimum absolute atomic E-state index is 0.336. The third-order valence-corrected chi connectivity index (χ3v) is 4.07. The van der Waals surface area contributed by atoms with Crippen LogP contribution in [0.3, 0.4) is 0 Å². The van der Waals surface area contributed by atoms with Gasteiger partial charge in [-0.05, 0) is 45.1 Å². The topological polar surface area (TPSA) is 61.8 Å². The van der Waals surface area contributed by atoms with Gasteiger partial charge < -0.3 is 20.1 Å². The first-order valence-electron chi connectivity index (χ1n) is 8.02. The van der Waals surface area contributed by atoms with Crippen molar-refractivity contribution >= 4 is 5.97 Å². The zero-order valence-electron chi connectivity index (χ0n) is 12.5. The van der Waals surface area contributed by atoms with E-state index in [-0.39, 0.29) is 6.04 Å². The van der Waals surface area contributed by atoms with Crippen LogP contribution in [0.4, 0.5) is 0 Å². The second-order valence-electron chi connectivity index (χ2n) is 6.06. The van der Waals surface area contributed by atoms with E-state index in [1.807, 2.05) is 0 Å². The molecule has 1 saturated carbocycles. The number of aliphatic carboxylic acids is 1. The number of nitrogens with zero attached hydrogens (tertiary/aromatic N) is 1. The van der Waals surface area contributed by atoms with E-state index in [2.05, 4.69) is 17.1 Å². The molecule has 5 heteroatoms. The Bertz CT molecular complexity index is 307. The molecule has 2 rings (SSSR count). The molecule has 0 amide bonds. The molecule has 0 spiro atoms. The lowest BCUT2D eigenvalue weighted by Gasteiger charge is -2.33. The van der Waals surface area contributed by atoms with Gasteiger partial charge >= 0.3 is 5.97 Å². The molecule has 2 aliphatic rings. The molecule has 2 N–H and O–H groups in total. The molecule has 20 heavy (non-hydrogen) atoms. The van der Waals surface area contributed by atoms with Crippen molar-refractivity contribution < 1.29 is 14.6 Å². The lowest BCUT2D eigenvalue weighted by atomic mass is 10.1. The molecule has 0 aromatic heterocycles. The van der Waals surface area contributed by atoms with E-state index in [1.54, 1.807) is 0 Å². The van der Waals surface area contributed by atoms with Crippen molar-refractivity contribution in [3.63, 3.8) is 0 Å². The average Bonchev–Trinajstić information content (AvgIpc) is 3.25. The predicted octanol–water partition coefficient (Wildman–Crippen LogP) is 1.47. The maximum Gasteiger partial charge on any atom is 0.320 e. The number of rotatable bonds is 9. The van der Waals surface area contributed by atoms with E-state index < -0.39 is 5.97 Å². The first-order valence-corrected chi connectivity index (χ1v) is 8.02. The van der Waals surface area contributed by atoms with Gasteiger partial charge in [0.05, 0.1) is 6.10 Å². The van der Waals surface area contributed by atoms with Gasteiger partial charge in [0, 0.05) is 25.7 Å². The van der Waals surface area contributed by atoms with Crippen molar-refractivity contribution in [1.82, 2.24) is 10.2 Å². The normalized spacial score (nSPS) is 25.6. The average molecular weight is 284 g/mol. The molecule has 1 saturated heterocycles. The quantitative estimate of drug-likeness (QED) is 0.671. The minimum atomic E-state index is -0.715. The number of piperidine rings is 1. The van der Waals surface area contributed by atoms with Crippen LogP contribution >= 0.6 is 0 Å². The second kappa shape index (κ2) is 7.96. The molecule has 0 aromatic rings. The molecule has 2 unspecified atom stereocenters. The smallest absolute Gasteiger partial charge is 0.320 e. The third-order valence-electron chi connectivity index (χ3n) is 4.07. The summed E-state index contributed by atoms with van der Waals surface area (Å²) < 4.78 is 5.82. The Labute approximate surface area is 121 Å². The zero-order valence-corrected chi connectivity index (χ0v) is 12.5. The molecule has 1 aliphatic carbocycles. The van der Waals surface area contributed by atoms with Crippen molar-refractivity contribution in [3.8, 4) is 0 Å². The van der Waals surface area contributed by atoms with E-state index in [0.29, 0.717) is 18.6 Å². The molecule has 116 valence electrons. The van der Waals surface area contributed by atoms with Gasteiger partial charge in [-0.15, -0.1) is 0 Å². The van der Waals surface area contributed by atoms with Crippen LogP contribution in [0.1, 0.15) is 45.4 Å². The van der Waals surface area contributed by atoms with Gasteiger partial charge in [-0.3, -0.25) is 4.79 Å². The molecule has 2 fully saturated rings. The number of likely N-dealkylation sites (tertiary alicyclic amines) is 1. The molecule has 1 heterocycles. The van der Waals surface area contributed by atoms with E-state index in [9.17, 15) is 9.90 Å². The maximum absolute atomic E-state index is 11.2. The molecule has 0 radical (unpaired) electrons. The number of carboxylic acid groups (broad SMARTS) is 1. The molecule has 0 aromatic carbocycles. The lowest BCUT2D eigenvalue weighted by molar-refractivity contribution is -0.139. The van der Waals surface area contributed by atoms with E-state index in [4.69, 9.17) is 4.74 Å². The van der Waals surface area contributed by atoms with Crippen molar-refractivity contribution in [2.24, 2.45) is 0 Å². The monoisotopic (exact) mass is 284 g/mol. The summed E-state index contributed by atoms with van der Waals surface area (Å²) >= 11 is 0. The zero-order chi connectivity index (χ0) is 14.4. The van der Waals surface area contributed by atoms with Crippen LogP contribution in [0.25, 0.3) is 0 Å². The van der Waals surface area contributed by atoms with Crippen molar-refractivity contribution in [2.45, 2.75) is 63.6 Å². The molecule has 5 nitrogen and oxygen atoms in total. The van der Waals surface area contributed by atoms with Gasteiger partial charge in [0.15, 0.2) is 0 Å². The Morgan fingerprint density at radius 3 is 2.90 bits per heavy atom. The molecule has 2 atom stereocenters. The summed E-state index contributed by atoms with van der Waals surface area (Å²) in [5.74, 6) is -0.715. The predicted molar refractivity (Wildman–Crippen MR) is 77.9 cm³/mol. The third kappa shape index (κ3) is 5.38. The number of carboxylic acids is 1. The Kier molecular flexibility index (Phi) is 6.26. The summed E-state index contributed by atoms with van der Waals surface area (Å²) in [7, 11) is 0. The number of carbonyl (C=O) groups is 1. The van der Waals surface area contributed by atoms with Gasteiger partial charge in [0.1, 0.15) is 6.04 Å². The van der Waals surface area contributed by atoms with Crippen LogP contribution in [0, 0.1) is 0 Å². The summed E-state index contributed by atoms with van der Waals surface area (Å²) in [6.45, 7) is 5.83. The van der Waals surface area contributed by atoms with Crippen LogP contribution in [0.5, 0.6) is 0 Å². The summed E-state index contributed by atoms with van der Waals surface area (Å²) in [5.41, 5.74) is 0. The van der Waals surface area contributed by atoms with Crippen molar-refractivity contribution in [3.05, 3.63) is 0 Å². The summed E-state index contributed by atoms with van der Waals surface area (Å²) in [6, 6.07) is 0.0533. The minimum Gasteiger partial charge on any atom is -0.480 e. The molecular weight excluding hydrogens is 256 g/mol. The van der Waals surface area contributed by atoms with Gasteiger partial charge in [0.25, 0.3) is 0 Å². The Hall–Kier alpha value is -0.650. The largest absolute Gasteiger partial charge is 0.480 e. The highest BCUT2D eigenvalue weighted by atomic mass is 16.5.